The fourth-order valence-electron chi connectivity index (χ4n) is 10.9. The molecule has 0 N–H and O–H groups in total. The van der Waals surface area contributed by atoms with Crippen molar-refractivity contribution in [3.63, 3.8) is 0 Å². The molecular weight excluding hydrogens is 861 g/mol. The van der Waals surface area contributed by atoms with Gasteiger partial charge in [0.05, 0.1) is 0 Å². The zero-order valence-electron chi connectivity index (χ0n) is 39.2. The van der Waals surface area contributed by atoms with E-state index in [1.165, 1.54) is 131 Å². The summed E-state index contributed by atoms with van der Waals surface area (Å²) in [6.45, 7) is 4.81. The number of hydrogen-bond acceptors (Lipinski definition) is 1. The maximum absolute atomic E-state index is 2.49. The molecule has 1 aromatic heterocycles. The highest BCUT2D eigenvalue weighted by Crippen LogP contribution is 2.53. The molecule has 0 saturated carbocycles. The molecule has 0 atom stereocenters. The van der Waals surface area contributed by atoms with Gasteiger partial charge in [-0.1, -0.05) is 190 Å². The summed E-state index contributed by atoms with van der Waals surface area (Å²) in [5.41, 5.74) is 24.8. The zero-order chi connectivity index (χ0) is 46.8. The lowest BCUT2D eigenvalue weighted by Crippen LogP contribution is -2.14. The van der Waals surface area contributed by atoms with Crippen LogP contribution < -0.4 is 0 Å². The topological polar surface area (TPSA) is 0 Å². The van der Waals surface area contributed by atoms with Crippen LogP contribution in [0.1, 0.15) is 25.0 Å². The monoisotopic (exact) mass is 908 g/mol. The molecule has 330 valence electrons. The molecule has 1 heteroatoms. The van der Waals surface area contributed by atoms with E-state index < -0.39 is 0 Å². The van der Waals surface area contributed by atoms with E-state index >= 15 is 0 Å². The van der Waals surface area contributed by atoms with Gasteiger partial charge in [0.2, 0.25) is 0 Å². The summed E-state index contributed by atoms with van der Waals surface area (Å²) in [6.07, 6.45) is 0. The van der Waals surface area contributed by atoms with Crippen LogP contribution in [0.4, 0.5) is 0 Å². The molecule has 0 nitrogen and oxygen atoms in total. The van der Waals surface area contributed by atoms with Crippen LogP contribution in [0.2, 0.25) is 0 Å². The van der Waals surface area contributed by atoms with Crippen LogP contribution in [-0.2, 0) is 5.41 Å². The van der Waals surface area contributed by atoms with Crippen LogP contribution in [0, 0.1) is 0 Å². The Morgan fingerprint density at radius 2 is 0.557 bits per heavy atom. The van der Waals surface area contributed by atoms with Gasteiger partial charge in [0.25, 0.3) is 0 Å². The Bertz CT molecular complexity index is 3820. The second-order valence-electron chi connectivity index (χ2n) is 19.3. The average Bonchev–Trinajstić information content (AvgIpc) is 3.90. The third-order valence-corrected chi connectivity index (χ3v) is 15.8. The Balaban J connectivity index is 0.852. The van der Waals surface area contributed by atoms with Crippen molar-refractivity contribution >= 4 is 31.5 Å². The second kappa shape index (κ2) is 17.0. The molecule has 0 bridgehead atoms. The summed E-state index contributed by atoms with van der Waals surface area (Å²) in [7, 11) is 0. The number of hydrogen-bond donors (Lipinski definition) is 0. The Kier molecular flexibility index (Phi) is 10.2. The smallest absolute Gasteiger partial charge is 0.0358 e. The number of benzene rings is 11. The van der Waals surface area contributed by atoms with E-state index in [0.717, 1.165) is 0 Å². The minimum atomic E-state index is -0.152. The lowest BCUT2D eigenvalue weighted by atomic mass is 9.81. The maximum atomic E-state index is 2.49. The highest BCUT2D eigenvalue weighted by molar-refractivity contribution is 7.25. The van der Waals surface area contributed by atoms with Gasteiger partial charge < -0.3 is 0 Å². The second-order valence-corrected chi connectivity index (χ2v) is 20.4. The molecule has 1 aliphatic carbocycles. The molecule has 0 saturated heterocycles. The number of thiophene rings is 1. The highest BCUT2D eigenvalue weighted by Gasteiger charge is 2.36. The van der Waals surface area contributed by atoms with Crippen molar-refractivity contribution in [3.8, 4) is 100 Å². The van der Waals surface area contributed by atoms with Gasteiger partial charge in [-0.05, 0) is 190 Å². The van der Waals surface area contributed by atoms with E-state index in [-0.39, 0.29) is 5.41 Å². The summed E-state index contributed by atoms with van der Waals surface area (Å²) in [6, 6.07) is 94.3. The standard InChI is InChI=1S/C69H48S/c1-69(2)65-42-54(50-26-16-28-52(34-50)60-39-57(47-21-11-5-12-22-47)36-58(40-60)48-23-13-6-14-24-48)29-31-61(65)62-43-64-63-41-53(30-32-67(63)70-68(64)44-66(62)69)49-25-15-27-51(33-49)59-37-55(45-17-7-3-8-18-45)35-56(38-59)46-19-9-4-10-20-46/h3-44H,1-2H3. The van der Waals surface area contributed by atoms with Crippen LogP contribution in [0.25, 0.3) is 120 Å². The Morgan fingerprint density at radius 3 is 1.01 bits per heavy atom. The Labute approximate surface area is 414 Å². The van der Waals surface area contributed by atoms with Crippen LogP contribution in [0.15, 0.2) is 255 Å². The molecule has 0 amide bonds. The Morgan fingerprint density at radius 1 is 0.229 bits per heavy atom. The van der Waals surface area contributed by atoms with Gasteiger partial charge in [0.15, 0.2) is 0 Å². The van der Waals surface area contributed by atoms with Gasteiger partial charge in [0, 0.05) is 25.6 Å². The zero-order valence-corrected chi connectivity index (χ0v) is 40.0. The van der Waals surface area contributed by atoms with Crippen molar-refractivity contribution in [2.45, 2.75) is 19.3 Å². The van der Waals surface area contributed by atoms with Crippen LogP contribution in [0.5, 0.6) is 0 Å². The van der Waals surface area contributed by atoms with Crippen molar-refractivity contribution in [3.05, 3.63) is 266 Å². The largest absolute Gasteiger partial charge is 0.135 e. The van der Waals surface area contributed by atoms with Gasteiger partial charge in [0.1, 0.15) is 0 Å². The molecule has 1 heterocycles. The molecule has 0 unspecified atom stereocenters. The first kappa shape index (κ1) is 41.8. The van der Waals surface area contributed by atoms with Gasteiger partial charge in [-0.2, -0.15) is 0 Å². The van der Waals surface area contributed by atoms with E-state index in [0.29, 0.717) is 0 Å². The average molecular weight is 909 g/mol. The molecule has 11 aromatic carbocycles. The predicted molar refractivity (Wildman–Crippen MR) is 300 cm³/mol. The van der Waals surface area contributed by atoms with E-state index in [1.54, 1.807) is 0 Å². The van der Waals surface area contributed by atoms with E-state index in [1.807, 2.05) is 11.3 Å². The molecule has 70 heavy (non-hydrogen) atoms. The SMILES string of the molecule is CC1(C)c2cc(-c3cccc(-c4cc(-c5ccccc5)cc(-c5ccccc5)c4)c3)ccc2-c2cc3c(cc21)sc1ccc(-c2cccc(-c4cc(-c5ccccc5)cc(-c5ccccc5)c4)c2)cc13. The quantitative estimate of drug-likeness (QED) is 0.143. The van der Waals surface area contributed by atoms with Crippen molar-refractivity contribution < 1.29 is 0 Å². The molecule has 0 fully saturated rings. The molecule has 1 aliphatic rings. The third kappa shape index (κ3) is 7.47. The van der Waals surface area contributed by atoms with Crippen LogP contribution >= 0.6 is 11.3 Å². The summed E-state index contributed by atoms with van der Waals surface area (Å²) >= 11 is 1.91. The van der Waals surface area contributed by atoms with Crippen molar-refractivity contribution in [2.75, 3.05) is 0 Å². The fraction of sp³-hybridized carbons (Fsp3) is 0.0435. The normalized spacial score (nSPS) is 12.5. The summed E-state index contributed by atoms with van der Waals surface area (Å²) in [4.78, 5) is 0. The van der Waals surface area contributed by atoms with Gasteiger partial charge in [-0.3, -0.25) is 0 Å². The summed E-state index contributed by atoms with van der Waals surface area (Å²) in [5.74, 6) is 0. The van der Waals surface area contributed by atoms with Gasteiger partial charge >= 0.3 is 0 Å². The first-order valence-electron chi connectivity index (χ1n) is 24.3. The Hall–Kier alpha value is -8.36. The van der Waals surface area contributed by atoms with Crippen molar-refractivity contribution in [1.82, 2.24) is 0 Å². The van der Waals surface area contributed by atoms with Crippen LogP contribution in [0.3, 0.4) is 0 Å². The maximum Gasteiger partial charge on any atom is 0.0358 e. The van der Waals surface area contributed by atoms with Gasteiger partial charge in [-0.15, -0.1) is 11.3 Å². The molecule has 0 radical (unpaired) electrons. The lowest BCUT2D eigenvalue weighted by molar-refractivity contribution is 0.661. The van der Waals surface area contributed by atoms with E-state index in [4.69, 9.17) is 0 Å². The van der Waals surface area contributed by atoms with E-state index in [2.05, 4.69) is 269 Å². The number of rotatable bonds is 8. The first-order valence-corrected chi connectivity index (χ1v) is 25.1. The molecule has 13 rings (SSSR count). The molecule has 0 aliphatic heterocycles. The van der Waals surface area contributed by atoms with Crippen LogP contribution in [-0.4, -0.2) is 0 Å². The molecular formula is C69H48S. The minimum absolute atomic E-state index is 0.152. The van der Waals surface area contributed by atoms with E-state index in [9.17, 15) is 0 Å². The minimum Gasteiger partial charge on any atom is -0.135 e. The number of fused-ring (bicyclic) bond motifs is 6. The predicted octanol–water partition coefficient (Wildman–Crippen LogP) is 19.7. The summed E-state index contributed by atoms with van der Waals surface area (Å²) in [5, 5.41) is 2.64. The third-order valence-electron chi connectivity index (χ3n) is 14.6. The summed E-state index contributed by atoms with van der Waals surface area (Å²) < 4.78 is 2.66. The fourth-order valence-corrected chi connectivity index (χ4v) is 12.0. The van der Waals surface area contributed by atoms with Crippen molar-refractivity contribution in [2.24, 2.45) is 0 Å². The molecule has 12 aromatic rings. The lowest BCUT2D eigenvalue weighted by Gasteiger charge is -2.22. The molecule has 0 spiro atoms. The first-order chi connectivity index (χ1) is 34.4. The highest BCUT2D eigenvalue weighted by atomic mass is 32.1. The van der Waals surface area contributed by atoms with Gasteiger partial charge in [-0.25, -0.2) is 0 Å². The van der Waals surface area contributed by atoms with Crippen molar-refractivity contribution in [1.29, 1.82) is 0 Å².